The van der Waals surface area contributed by atoms with Gasteiger partial charge in [-0.15, -0.1) is 0 Å². The van der Waals surface area contributed by atoms with Crippen LogP contribution in [0.2, 0.25) is 0 Å². The first kappa shape index (κ1) is 14.1. The molecule has 6 nitrogen and oxygen atoms in total. The van der Waals surface area contributed by atoms with E-state index in [1.807, 2.05) is 0 Å². The summed E-state index contributed by atoms with van der Waals surface area (Å²) >= 11 is 0. The smallest absolute Gasteiger partial charge is 0.265 e. The zero-order valence-electron chi connectivity index (χ0n) is 10.9. The lowest BCUT2D eigenvalue weighted by Crippen LogP contribution is -2.12. The van der Waals surface area contributed by atoms with Crippen LogP contribution in [0.3, 0.4) is 0 Å². The van der Waals surface area contributed by atoms with E-state index in [9.17, 15) is 8.42 Å². The summed E-state index contributed by atoms with van der Waals surface area (Å²) in [6, 6.07) is 6.75. The van der Waals surface area contributed by atoms with Crippen molar-refractivity contribution in [3.63, 3.8) is 0 Å². The largest absolute Gasteiger partial charge is 0.320 e. The summed E-state index contributed by atoms with van der Waals surface area (Å²) in [5.74, 6) is 5.59. The van der Waals surface area contributed by atoms with Gasteiger partial charge in [-0.25, -0.2) is 8.42 Å². The molecule has 2 rings (SSSR count). The summed E-state index contributed by atoms with van der Waals surface area (Å²) in [6.45, 7) is 0.287. The van der Waals surface area contributed by atoms with Crippen molar-refractivity contribution in [2.45, 2.75) is 4.90 Å². The van der Waals surface area contributed by atoms with E-state index in [2.05, 4.69) is 21.7 Å². The molecule has 7 heteroatoms. The highest BCUT2D eigenvalue weighted by molar-refractivity contribution is 7.92. The van der Waals surface area contributed by atoms with E-state index in [4.69, 9.17) is 5.73 Å². The number of hydrogen-bond donors (Lipinski definition) is 2. The van der Waals surface area contributed by atoms with Gasteiger partial charge in [0, 0.05) is 24.5 Å². The van der Waals surface area contributed by atoms with Gasteiger partial charge in [-0.05, 0) is 24.3 Å². The van der Waals surface area contributed by atoms with Crippen molar-refractivity contribution >= 4 is 15.7 Å². The molecular formula is C13H14N4O2S. The standard InChI is InChI=1S/C13H14N4O2S/c1-17-10-13(9-15-17)20(18,19)16-12-6-4-11(5-7-12)3-2-8-14/h4-7,9-10,16H,8,14H2,1H3. The molecule has 1 heterocycles. The third kappa shape index (κ3) is 3.38. The van der Waals surface area contributed by atoms with Crippen LogP contribution in [0.1, 0.15) is 5.56 Å². The van der Waals surface area contributed by atoms with Gasteiger partial charge < -0.3 is 5.73 Å². The Balaban J connectivity index is 2.17. The first-order chi connectivity index (χ1) is 9.51. The zero-order chi connectivity index (χ0) is 14.6. The van der Waals surface area contributed by atoms with Crippen LogP contribution in [0.5, 0.6) is 0 Å². The van der Waals surface area contributed by atoms with Gasteiger partial charge in [0.2, 0.25) is 0 Å². The van der Waals surface area contributed by atoms with E-state index in [0.717, 1.165) is 5.56 Å². The van der Waals surface area contributed by atoms with E-state index in [1.54, 1.807) is 31.3 Å². The minimum atomic E-state index is -3.61. The maximum atomic E-state index is 12.1. The molecule has 0 saturated carbocycles. The van der Waals surface area contributed by atoms with Gasteiger partial charge in [0.1, 0.15) is 4.90 Å². The number of aromatic nitrogens is 2. The van der Waals surface area contributed by atoms with Crippen molar-refractivity contribution in [1.29, 1.82) is 0 Å². The average Bonchev–Trinajstić information content (AvgIpc) is 2.85. The van der Waals surface area contributed by atoms with Crippen molar-refractivity contribution in [2.75, 3.05) is 11.3 Å². The van der Waals surface area contributed by atoms with Gasteiger partial charge >= 0.3 is 0 Å². The number of anilines is 1. The molecule has 0 aliphatic rings. The van der Waals surface area contributed by atoms with Gasteiger partial charge in [0.05, 0.1) is 12.7 Å². The molecule has 0 amide bonds. The van der Waals surface area contributed by atoms with E-state index >= 15 is 0 Å². The van der Waals surface area contributed by atoms with Gasteiger partial charge in [0.15, 0.2) is 0 Å². The molecule has 2 aromatic rings. The summed E-state index contributed by atoms with van der Waals surface area (Å²) < 4.78 is 28.0. The molecule has 20 heavy (non-hydrogen) atoms. The minimum absolute atomic E-state index is 0.118. The number of hydrogen-bond acceptors (Lipinski definition) is 4. The van der Waals surface area contributed by atoms with Crippen molar-refractivity contribution < 1.29 is 8.42 Å². The zero-order valence-corrected chi connectivity index (χ0v) is 11.7. The summed E-state index contributed by atoms with van der Waals surface area (Å²) in [7, 11) is -1.95. The molecular weight excluding hydrogens is 276 g/mol. The molecule has 1 aromatic carbocycles. The highest BCUT2D eigenvalue weighted by atomic mass is 32.2. The Morgan fingerprint density at radius 3 is 2.60 bits per heavy atom. The van der Waals surface area contributed by atoms with Crippen LogP contribution >= 0.6 is 0 Å². The highest BCUT2D eigenvalue weighted by Crippen LogP contribution is 2.15. The van der Waals surface area contributed by atoms with E-state index in [-0.39, 0.29) is 11.4 Å². The molecule has 104 valence electrons. The predicted molar refractivity (Wildman–Crippen MR) is 76.4 cm³/mol. The number of benzene rings is 1. The van der Waals surface area contributed by atoms with Gasteiger partial charge in [0.25, 0.3) is 10.0 Å². The SMILES string of the molecule is Cn1cc(S(=O)(=O)Nc2ccc(C#CCN)cc2)cn1. The van der Waals surface area contributed by atoms with Crippen LogP contribution in [0.15, 0.2) is 41.6 Å². The van der Waals surface area contributed by atoms with Crippen LogP contribution in [0, 0.1) is 11.8 Å². The minimum Gasteiger partial charge on any atom is -0.320 e. The second-order valence-electron chi connectivity index (χ2n) is 4.04. The Bertz CT molecular complexity index is 752. The second-order valence-corrected chi connectivity index (χ2v) is 5.72. The summed E-state index contributed by atoms with van der Waals surface area (Å²) in [6.07, 6.45) is 2.73. The fraction of sp³-hybridized carbons (Fsp3) is 0.154. The number of nitrogens with zero attached hydrogens (tertiary/aromatic N) is 2. The maximum absolute atomic E-state index is 12.1. The fourth-order valence-electron chi connectivity index (χ4n) is 1.53. The Kier molecular flexibility index (Phi) is 4.08. The molecule has 0 spiro atoms. The summed E-state index contributed by atoms with van der Waals surface area (Å²) in [4.78, 5) is 0.118. The monoisotopic (exact) mass is 290 g/mol. The van der Waals surface area contributed by atoms with Crippen molar-refractivity contribution in [1.82, 2.24) is 9.78 Å². The Morgan fingerprint density at radius 1 is 1.35 bits per heavy atom. The molecule has 3 N–H and O–H groups in total. The van der Waals surface area contributed by atoms with Crippen LogP contribution in [-0.4, -0.2) is 24.7 Å². The van der Waals surface area contributed by atoms with E-state index < -0.39 is 10.0 Å². The first-order valence-corrected chi connectivity index (χ1v) is 7.30. The lowest BCUT2D eigenvalue weighted by atomic mass is 10.2. The third-order valence-electron chi connectivity index (χ3n) is 2.46. The number of aryl methyl sites for hydroxylation is 1. The molecule has 0 aliphatic carbocycles. The van der Waals surface area contributed by atoms with Gasteiger partial charge in [-0.1, -0.05) is 11.8 Å². The van der Waals surface area contributed by atoms with E-state index in [0.29, 0.717) is 5.69 Å². The average molecular weight is 290 g/mol. The van der Waals surface area contributed by atoms with Crippen molar-refractivity contribution in [2.24, 2.45) is 12.8 Å². The second kappa shape index (κ2) is 5.77. The highest BCUT2D eigenvalue weighted by Gasteiger charge is 2.15. The number of sulfonamides is 1. The topological polar surface area (TPSA) is 90.0 Å². The quantitative estimate of drug-likeness (QED) is 0.807. The van der Waals surface area contributed by atoms with Crippen LogP contribution in [0.4, 0.5) is 5.69 Å². The molecule has 0 bridgehead atoms. The van der Waals surface area contributed by atoms with Gasteiger partial charge in [-0.2, -0.15) is 5.10 Å². The number of nitrogens with two attached hydrogens (primary N) is 1. The number of rotatable bonds is 3. The molecule has 0 fully saturated rings. The van der Waals surface area contributed by atoms with E-state index in [1.165, 1.54) is 17.1 Å². The molecule has 0 aliphatic heterocycles. The van der Waals surface area contributed by atoms with Crippen LogP contribution in [0.25, 0.3) is 0 Å². The summed E-state index contributed by atoms with van der Waals surface area (Å²) in [5, 5.41) is 3.84. The molecule has 0 saturated heterocycles. The number of nitrogens with one attached hydrogen (secondary N) is 1. The lowest BCUT2D eigenvalue weighted by Gasteiger charge is -2.05. The first-order valence-electron chi connectivity index (χ1n) is 5.82. The van der Waals surface area contributed by atoms with Crippen LogP contribution in [-0.2, 0) is 17.1 Å². The Labute approximate surface area is 117 Å². The van der Waals surface area contributed by atoms with Crippen molar-refractivity contribution in [3.8, 4) is 11.8 Å². The lowest BCUT2D eigenvalue weighted by molar-refractivity contribution is 0.601. The fourth-order valence-corrected chi connectivity index (χ4v) is 2.57. The molecule has 0 unspecified atom stereocenters. The van der Waals surface area contributed by atoms with Crippen molar-refractivity contribution in [3.05, 3.63) is 42.2 Å². The maximum Gasteiger partial charge on any atom is 0.265 e. The van der Waals surface area contributed by atoms with Gasteiger partial charge in [-0.3, -0.25) is 9.40 Å². The molecule has 0 radical (unpaired) electrons. The Hall–Kier alpha value is -2.30. The molecule has 1 aromatic heterocycles. The van der Waals surface area contributed by atoms with Crippen LogP contribution < -0.4 is 10.5 Å². The predicted octanol–water partition coefficient (Wildman–Crippen LogP) is 0.531. The molecule has 0 atom stereocenters. The normalized spacial score (nSPS) is 10.7. The summed E-state index contributed by atoms with van der Waals surface area (Å²) in [5.41, 5.74) is 6.53. The Morgan fingerprint density at radius 2 is 2.05 bits per heavy atom. The third-order valence-corrected chi connectivity index (χ3v) is 3.80.